The van der Waals surface area contributed by atoms with Crippen LogP contribution in [0.1, 0.15) is 46.1 Å². The second-order valence-corrected chi connectivity index (χ2v) is 14.3. The van der Waals surface area contributed by atoms with Crippen molar-refractivity contribution in [1.29, 1.82) is 0 Å². The molecule has 0 bridgehead atoms. The molecule has 0 saturated heterocycles. The molecule has 1 rings (SSSR count). The predicted octanol–water partition coefficient (Wildman–Crippen LogP) is 5.03. The molecule has 0 amide bonds. The first-order valence-electron chi connectivity index (χ1n) is 8.30. The van der Waals surface area contributed by atoms with Crippen LogP contribution in [0.25, 0.3) is 0 Å². The van der Waals surface area contributed by atoms with Crippen LogP contribution in [0.3, 0.4) is 0 Å². The van der Waals surface area contributed by atoms with E-state index in [-0.39, 0.29) is 4.90 Å². The van der Waals surface area contributed by atoms with Crippen LogP contribution < -0.4 is 0 Å². The number of unbranched alkanes of at least 4 members (excludes halogenated alkanes) is 1. The van der Waals surface area contributed by atoms with Gasteiger partial charge in [0, 0.05) is 0 Å². The molecule has 0 heterocycles. The fraction of sp³-hybridized carbons (Fsp3) is 0.647. The molecule has 0 aromatic heterocycles. The van der Waals surface area contributed by atoms with Gasteiger partial charge in [-0.15, -0.1) is 0 Å². The summed E-state index contributed by atoms with van der Waals surface area (Å²) in [4.78, 5) is 0.277. The normalized spacial score (nSPS) is 14.5. The van der Waals surface area contributed by atoms with Gasteiger partial charge in [-0.3, -0.25) is 0 Å². The second-order valence-electron chi connectivity index (χ2n) is 6.23. The van der Waals surface area contributed by atoms with Crippen LogP contribution in [0.5, 0.6) is 0 Å². The Kier molecular flexibility index (Phi) is 6.61. The predicted molar refractivity (Wildman–Crippen MR) is 97.8 cm³/mol. The Labute approximate surface area is 136 Å². The van der Waals surface area contributed by atoms with Crippen molar-refractivity contribution in [3.8, 4) is 0 Å². The van der Waals surface area contributed by atoms with E-state index in [9.17, 15) is 8.42 Å². The quantitative estimate of drug-likeness (QED) is 0.589. The van der Waals surface area contributed by atoms with Gasteiger partial charge in [0.2, 0.25) is 0 Å². The molecule has 128 valence electrons. The van der Waals surface area contributed by atoms with Gasteiger partial charge in [-0.1, -0.05) is 0 Å². The molecule has 0 spiro atoms. The average molecular weight is 346 g/mol. The zero-order valence-electron chi connectivity index (χ0n) is 14.6. The van der Waals surface area contributed by atoms with E-state index in [1.807, 2.05) is 19.1 Å². The molecule has 0 aliphatic carbocycles. The summed E-state index contributed by atoms with van der Waals surface area (Å²) in [5, 5.41) is 0. The summed E-state index contributed by atoms with van der Waals surface area (Å²) in [5.41, 5.74) is 1.05. The first-order chi connectivity index (χ1) is 10.3. The van der Waals surface area contributed by atoms with Gasteiger partial charge in [-0.25, -0.2) is 0 Å². The van der Waals surface area contributed by atoms with Crippen molar-refractivity contribution in [2.24, 2.45) is 0 Å². The fourth-order valence-electron chi connectivity index (χ4n) is 2.92. The first kappa shape index (κ1) is 19.6. The van der Waals surface area contributed by atoms with Gasteiger partial charge < -0.3 is 0 Å². The van der Waals surface area contributed by atoms with Crippen molar-refractivity contribution in [2.75, 3.05) is 24.6 Å². The number of hydrogen-bond donors (Lipinski definition) is 0. The van der Waals surface area contributed by atoms with Crippen LogP contribution >= 0.6 is 6.83 Å². The Morgan fingerprint density at radius 2 is 1.45 bits per heavy atom. The Balaban J connectivity index is 3.25. The summed E-state index contributed by atoms with van der Waals surface area (Å²) in [6.07, 6.45) is 5.45. The van der Waals surface area contributed by atoms with Gasteiger partial charge in [-0.05, 0) is 0 Å². The molecular weight excluding hydrogens is 315 g/mol. The molecule has 0 aliphatic rings. The second kappa shape index (κ2) is 7.42. The molecule has 0 N–H and O–H groups in total. The van der Waals surface area contributed by atoms with Crippen LogP contribution in [0.4, 0.5) is 0 Å². The van der Waals surface area contributed by atoms with Crippen LogP contribution in [0.15, 0.2) is 29.2 Å². The molecule has 22 heavy (non-hydrogen) atoms. The Morgan fingerprint density at radius 3 is 1.86 bits per heavy atom. The number of rotatable bonds is 9. The monoisotopic (exact) mass is 346 g/mol. The fourth-order valence-corrected chi connectivity index (χ4v) is 10.9. The van der Waals surface area contributed by atoms with Crippen molar-refractivity contribution in [2.45, 2.75) is 52.4 Å². The Hall–Kier alpha value is -0.440. The third-order valence-corrected chi connectivity index (χ3v) is 14.7. The van der Waals surface area contributed by atoms with Crippen molar-refractivity contribution in [3.63, 3.8) is 0 Å². The molecule has 0 atom stereocenters. The number of benzene rings is 1. The van der Waals surface area contributed by atoms with Crippen LogP contribution in [0.2, 0.25) is 0 Å². The third-order valence-electron chi connectivity index (χ3n) is 5.10. The summed E-state index contributed by atoms with van der Waals surface area (Å²) in [5.74, 6) is 0. The molecule has 0 aliphatic heterocycles. The van der Waals surface area contributed by atoms with Gasteiger partial charge in [0.1, 0.15) is 0 Å². The zero-order valence-corrected chi connectivity index (χ0v) is 16.3. The standard InChI is InChI=1S/C17H31O3PS/c1-6-10-15-21(7-2,8-3,9-4)20-22(18,19)17-13-11-16(5)12-14-17/h11-14H,6-10,15H2,1-5H3. The Morgan fingerprint density at radius 1 is 0.955 bits per heavy atom. The molecule has 0 saturated carbocycles. The van der Waals surface area contributed by atoms with Crippen LogP contribution in [-0.2, 0) is 14.1 Å². The van der Waals surface area contributed by atoms with Gasteiger partial charge >= 0.3 is 136 Å². The minimum atomic E-state index is -3.70. The summed E-state index contributed by atoms with van der Waals surface area (Å²) in [6.45, 7) is 7.66. The van der Waals surface area contributed by atoms with Crippen molar-refractivity contribution < 1.29 is 12.4 Å². The summed E-state index contributed by atoms with van der Waals surface area (Å²) in [6, 6.07) is 6.94. The summed E-state index contributed by atoms with van der Waals surface area (Å²) >= 11 is 0. The molecule has 3 nitrogen and oxygen atoms in total. The van der Waals surface area contributed by atoms with E-state index in [0.717, 1.165) is 43.1 Å². The van der Waals surface area contributed by atoms with Crippen molar-refractivity contribution >= 4 is 16.9 Å². The van der Waals surface area contributed by atoms with E-state index in [2.05, 4.69) is 27.7 Å². The molecule has 0 fully saturated rings. The molecule has 0 unspecified atom stereocenters. The van der Waals surface area contributed by atoms with E-state index in [1.54, 1.807) is 12.1 Å². The third kappa shape index (κ3) is 4.10. The van der Waals surface area contributed by atoms with Gasteiger partial charge in [0.25, 0.3) is 0 Å². The SMILES string of the molecule is CCCCP(CC)(CC)(CC)OS(=O)(=O)c1ccc(C)cc1. The van der Waals surface area contributed by atoms with E-state index in [4.69, 9.17) is 3.97 Å². The maximum absolute atomic E-state index is 12.8. The van der Waals surface area contributed by atoms with E-state index in [1.165, 1.54) is 0 Å². The first-order valence-corrected chi connectivity index (χ1v) is 12.6. The van der Waals surface area contributed by atoms with Gasteiger partial charge in [0.15, 0.2) is 0 Å². The number of aryl methyl sites for hydroxylation is 1. The molecular formula is C17H31O3PS. The maximum atomic E-state index is 12.8. The van der Waals surface area contributed by atoms with E-state index >= 15 is 0 Å². The van der Waals surface area contributed by atoms with Crippen molar-refractivity contribution in [1.82, 2.24) is 0 Å². The summed E-state index contributed by atoms with van der Waals surface area (Å²) in [7, 11) is -3.70. The van der Waals surface area contributed by atoms with E-state index < -0.39 is 16.9 Å². The zero-order chi connectivity index (χ0) is 16.9. The topological polar surface area (TPSA) is 43.4 Å². The molecule has 0 radical (unpaired) electrons. The number of hydrogen-bond acceptors (Lipinski definition) is 3. The minimum absolute atomic E-state index is 0.277. The van der Waals surface area contributed by atoms with Crippen molar-refractivity contribution in [3.05, 3.63) is 29.8 Å². The van der Waals surface area contributed by atoms with Crippen LogP contribution in [-0.4, -0.2) is 33.1 Å². The summed E-state index contributed by atoms with van der Waals surface area (Å²) < 4.78 is 31.7. The van der Waals surface area contributed by atoms with Crippen LogP contribution in [0, 0.1) is 6.92 Å². The van der Waals surface area contributed by atoms with Gasteiger partial charge in [-0.2, -0.15) is 0 Å². The Bertz CT molecular complexity index is 563. The average Bonchev–Trinajstić information content (AvgIpc) is 2.52. The van der Waals surface area contributed by atoms with Gasteiger partial charge in [0.05, 0.1) is 0 Å². The molecule has 1 aromatic carbocycles. The van der Waals surface area contributed by atoms with E-state index in [0.29, 0.717) is 0 Å². The molecule has 1 aromatic rings. The molecule has 5 heteroatoms.